The molecule has 0 saturated carbocycles. The Bertz CT molecular complexity index is 1540. The SMILES string of the molecule is CC/C=C\C/C=C\C/C=C\C/C=C\C/C=C\C/C=C\C/C=C\C/C=C\CCCCCCCCCCCCC(=O)OCC(COC(=O)CCCCCCC)OC(=O)CCCCCCC/C=C\C/C=C\CCCCC. The zero-order valence-corrected chi connectivity index (χ0v) is 47.4. The topological polar surface area (TPSA) is 78.9 Å². The normalized spacial score (nSPS) is 13.0. The van der Waals surface area contributed by atoms with Crippen LogP contribution in [-0.4, -0.2) is 37.2 Å². The van der Waals surface area contributed by atoms with Gasteiger partial charge in [0.05, 0.1) is 0 Å². The molecule has 0 fully saturated rings. The Morgan fingerprint density at radius 1 is 0.288 bits per heavy atom. The van der Waals surface area contributed by atoms with Crippen LogP contribution in [0.5, 0.6) is 0 Å². The van der Waals surface area contributed by atoms with Gasteiger partial charge in [0.2, 0.25) is 0 Å². The fourth-order valence-electron chi connectivity index (χ4n) is 7.96. The summed E-state index contributed by atoms with van der Waals surface area (Å²) in [4.78, 5) is 37.8. The van der Waals surface area contributed by atoms with Crippen molar-refractivity contribution in [2.24, 2.45) is 0 Å². The molecule has 0 aromatic rings. The number of ether oxygens (including phenoxy) is 3. The molecule has 0 spiro atoms. The number of unbranched alkanes of at least 4 members (excludes halogenated alkanes) is 22. The highest BCUT2D eigenvalue weighted by molar-refractivity contribution is 5.71. The minimum Gasteiger partial charge on any atom is -0.462 e. The first-order chi connectivity index (χ1) is 36.0. The van der Waals surface area contributed by atoms with Crippen molar-refractivity contribution in [1.29, 1.82) is 0 Å². The third-order valence-electron chi connectivity index (χ3n) is 12.5. The second-order valence-corrected chi connectivity index (χ2v) is 19.5. The summed E-state index contributed by atoms with van der Waals surface area (Å²) in [5, 5.41) is 0. The Morgan fingerprint density at radius 3 is 0.863 bits per heavy atom. The van der Waals surface area contributed by atoms with Gasteiger partial charge < -0.3 is 14.2 Å². The van der Waals surface area contributed by atoms with Crippen LogP contribution in [0.15, 0.2) is 122 Å². The van der Waals surface area contributed by atoms with Gasteiger partial charge in [-0.2, -0.15) is 0 Å². The molecule has 0 bridgehead atoms. The highest BCUT2D eigenvalue weighted by Crippen LogP contribution is 2.14. The summed E-state index contributed by atoms with van der Waals surface area (Å²) in [6, 6.07) is 0. The summed E-state index contributed by atoms with van der Waals surface area (Å²) < 4.78 is 16.7. The number of carbonyl (C=O) groups is 3. The van der Waals surface area contributed by atoms with E-state index in [4.69, 9.17) is 14.2 Å². The predicted molar refractivity (Wildman–Crippen MR) is 316 cm³/mol. The zero-order valence-electron chi connectivity index (χ0n) is 47.4. The van der Waals surface area contributed by atoms with Gasteiger partial charge in [0, 0.05) is 19.3 Å². The molecule has 0 aliphatic rings. The van der Waals surface area contributed by atoms with Crippen molar-refractivity contribution >= 4 is 17.9 Å². The van der Waals surface area contributed by atoms with E-state index in [0.717, 1.165) is 141 Å². The van der Waals surface area contributed by atoms with Crippen LogP contribution in [-0.2, 0) is 28.6 Å². The van der Waals surface area contributed by atoms with E-state index in [1.54, 1.807) is 0 Å². The third-order valence-corrected chi connectivity index (χ3v) is 12.5. The Kier molecular flexibility index (Phi) is 56.9. The van der Waals surface area contributed by atoms with E-state index in [0.29, 0.717) is 19.3 Å². The van der Waals surface area contributed by atoms with E-state index in [1.807, 2.05) is 0 Å². The summed E-state index contributed by atoms with van der Waals surface area (Å²) in [6.45, 7) is 6.39. The Hall–Kier alpha value is -4.19. The molecule has 0 N–H and O–H groups in total. The second kappa shape index (κ2) is 60.4. The van der Waals surface area contributed by atoms with E-state index < -0.39 is 6.10 Å². The van der Waals surface area contributed by atoms with Crippen molar-refractivity contribution in [3.05, 3.63) is 122 Å². The van der Waals surface area contributed by atoms with Crippen LogP contribution >= 0.6 is 0 Å². The average Bonchev–Trinajstić information content (AvgIpc) is 3.39. The molecular formula is C67H110O6. The molecule has 1 atom stereocenters. The molecule has 1 unspecified atom stereocenters. The summed E-state index contributed by atoms with van der Waals surface area (Å²) in [6.07, 6.45) is 83.9. The van der Waals surface area contributed by atoms with Gasteiger partial charge >= 0.3 is 17.9 Å². The summed E-state index contributed by atoms with van der Waals surface area (Å²) in [7, 11) is 0. The van der Waals surface area contributed by atoms with E-state index in [9.17, 15) is 14.4 Å². The molecule has 6 nitrogen and oxygen atoms in total. The van der Waals surface area contributed by atoms with Crippen molar-refractivity contribution < 1.29 is 28.6 Å². The molecule has 0 rings (SSSR count). The average molecular weight is 1010 g/mol. The van der Waals surface area contributed by atoms with Crippen molar-refractivity contribution in [2.45, 2.75) is 271 Å². The molecule has 0 radical (unpaired) electrons. The number of rotatable bonds is 53. The lowest BCUT2D eigenvalue weighted by Gasteiger charge is -2.18. The quantitative estimate of drug-likeness (QED) is 0.0261. The second-order valence-electron chi connectivity index (χ2n) is 19.5. The van der Waals surface area contributed by atoms with Gasteiger partial charge in [-0.1, -0.05) is 251 Å². The standard InChI is InChI=1S/C67H110O6/c1-4-7-10-13-15-17-19-21-23-24-25-26-27-28-29-30-31-32-33-34-35-36-37-38-39-40-41-42-44-45-47-49-51-54-57-60-66(69)72-63-64(62-71-65(68)59-56-53-12-9-6-3)73-67(70)61-58-55-52-50-48-46-43-22-20-18-16-14-11-8-5-2/h7,10,15-18,21-23,25-26,28-29,31-32,34-35,37-38,43,64H,4-6,8-9,11-14,19-20,24,27,30,33,36,39-42,44-63H2,1-3H3/b10-7-,17-15-,18-16-,23-21-,26-25-,29-28-,32-31-,35-34-,38-37-,43-22-. The van der Waals surface area contributed by atoms with Crippen LogP contribution in [0.2, 0.25) is 0 Å². The van der Waals surface area contributed by atoms with Crippen LogP contribution in [0.25, 0.3) is 0 Å². The van der Waals surface area contributed by atoms with Crippen LogP contribution in [0.1, 0.15) is 265 Å². The maximum atomic E-state index is 12.8. The highest BCUT2D eigenvalue weighted by Gasteiger charge is 2.19. The van der Waals surface area contributed by atoms with Gasteiger partial charge in [-0.15, -0.1) is 0 Å². The lowest BCUT2D eigenvalue weighted by molar-refractivity contribution is -0.167. The molecule has 414 valence electrons. The lowest BCUT2D eigenvalue weighted by Crippen LogP contribution is -2.30. The minimum absolute atomic E-state index is 0.0862. The van der Waals surface area contributed by atoms with E-state index in [1.165, 1.54) is 83.5 Å². The molecule has 0 aromatic heterocycles. The molecule has 0 saturated heterocycles. The van der Waals surface area contributed by atoms with Crippen LogP contribution in [0.3, 0.4) is 0 Å². The number of hydrogen-bond donors (Lipinski definition) is 0. The van der Waals surface area contributed by atoms with Gasteiger partial charge in [-0.3, -0.25) is 14.4 Å². The third kappa shape index (κ3) is 58.6. The molecule has 73 heavy (non-hydrogen) atoms. The number of allylic oxidation sites excluding steroid dienone is 20. The molecule has 6 heteroatoms. The highest BCUT2D eigenvalue weighted by atomic mass is 16.6. The van der Waals surface area contributed by atoms with Crippen molar-refractivity contribution in [1.82, 2.24) is 0 Å². The van der Waals surface area contributed by atoms with Crippen molar-refractivity contribution in [3.8, 4) is 0 Å². The summed E-state index contributed by atoms with van der Waals surface area (Å²) >= 11 is 0. The molecule has 0 heterocycles. The van der Waals surface area contributed by atoms with Crippen molar-refractivity contribution in [3.63, 3.8) is 0 Å². The van der Waals surface area contributed by atoms with Gasteiger partial charge in [-0.25, -0.2) is 0 Å². The summed E-state index contributed by atoms with van der Waals surface area (Å²) in [5.74, 6) is -0.920. The monoisotopic (exact) mass is 1010 g/mol. The first-order valence-electron chi connectivity index (χ1n) is 30.0. The van der Waals surface area contributed by atoms with Crippen LogP contribution < -0.4 is 0 Å². The van der Waals surface area contributed by atoms with Gasteiger partial charge in [0.1, 0.15) is 13.2 Å². The fraction of sp³-hybridized carbons (Fsp3) is 0.657. The first kappa shape index (κ1) is 68.8. The Balaban J connectivity index is 4.04. The van der Waals surface area contributed by atoms with E-state index in [-0.39, 0.29) is 31.1 Å². The predicted octanol–water partition coefficient (Wildman–Crippen LogP) is 20.4. The smallest absolute Gasteiger partial charge is 0.306 e. The maximum absolute atomic E-state index is 12.8. The number of esters is 3. The number of carbonyl (C=O) groups excluding carboxylic acids is 3. The fourth-order valence-corrected chi connectivity index (χ4v) is 7.96. The molecule has 0 aliphatic carbocycles. The van der Waals surface area contributed by atoms with Gasteiger partial charge in [-0.05, 0) is 116 Å². The van der Waals surface area contributed by atoms with Crippen LogP contribution in [0.4, 0.5) is 0 Å². The minimum atomic E-state index is -0.784. The first-order valence-corrected chi connectivity index (χ1v) is 30.0. The van der Waals surface area contributed by atoms with E-state index in [2.05, 4.69) is 142 Å². The molecule has 0 aliphatic heterocycles. The molecular weight excluding hydrogens is 901 g/mol. The van der Waals surface area contributed by atoms with E-state index >= 15 is 0 Å². The van der Waals surface area contributed by atoms with Crippen LogP contribution in [0, 0.1) is 0 Å². The molecule has 0 aromatic carbocycles. The Morgan fingerprint density at radius 2 is 0.534 bits per heavy atom. The zero-order chi connectivity index (χ0) is 52.9. The van der Waals surface area contributed by atoms with Gasteiger partial charge in [0.25, 0.3) is 0 Å². The lowest BCUT2D eigenvalue weighted by atomic mass is 10.1. The maximum Gasteiger partial charge on any atom is 0.306 e. The molecule has 0 amide bonds. The van der Waals surface area contributed by atoms with Crippen molar-refractivity contribution in [2.75, 3.05) is 13.2 Å². The summed E-state index contributed by atoms with van der Waals surface area (Å²) in [5.41, 5.74) is 0. The van der Waals surface area contributed by atoms with Gasteiger partial charge in [0.15, 0.2) is 6.10 Å². The largest absolute Gasteiger partial charge is 0.462 e. The Labute approximate surface area is 450 Å². The number of hydrogen-bond acceptors (Lipinski definition) is 6.